The number of hydrogen-bond donors (Lipinski definition) is 2. The SMILES string of the molecule is CN[C@H](CC(C)C)C(=O)Nc1ccc(-c2cnco2)c(OC)c1. The van der Waals surface area contributed by atoms with Gasteiger partial charge in [-0.25, -0.2) is 4.98 Å². The van der Waals surface area contributed by atoms with Gasteiger partial charge in [0, 0.05) is 11.8 Å². The third-order valence-corrected chi connectivity index (χ3v) is 3.54. The zero-order chi connectivity index (χ0) is 16.8. The number of likely N-dealkylation sites (N-methyl/N-ethyl adjacent to an activating group) is 1. The van der Waals surface area contributed by atoms with Crippen LogP contribution in [0.1, 0.15) is 20.3 Å². The van der Waals surface area contributed by atoms with Gasteiger partial charge in [-0.05, 0) is 31.5 Å². The maximum atomic E-state index is 12.3. The Morgan fingerprint density at radius 2 is 2.17 bits per heavy atom. The first-order chi connectivity index (χ1) is 11.0. The summed E-state index contributed by atoms with van der Waals surface area (Å²) in [6.45, 7) is 4.18. The highest BCUT2D eigenvalue weighted by Gasteiger charge is 2.18. The van der Waals surface area contributed by atoms with Crippen LogP contribution in [0.15, 0.2) is 35.2 Å². The summed E-state index contributed by atoms with van der Waals surface area (Å²) in [4.78, 5) is 16.3. The molecule has 0 saturated heterocycles. The molecule has 1 aromatic heterocycles. The highest BCUT2D eigenvalue weighted by Crippen LogP contribution is 2.32. The molecular weight excluding hydrogens is 294 g/mol. The van der Waals surface area contributed by atoms with Crippen LogP contribution >= 0.6 is 0 Å². The summed E-state index contributed by atoms with van der Waals surface area (Å²) in [6, 6.07) is 5.21. The molecule has 0 aliphatic carbocycles. The molecule has 0 saturated carbocycles. The number of amides is 1. The molecule has 0 aliphatic rings. The Hall–Kier alpha value is -2.34. The first-order valence-electron chi connectivity index (χ1n) is 7.60. The smallest absolute Gasteiger partial charge is 0.241 e. The number of carbonyl (C=O) groups is 1. The summed E-state index contributed by atoms with van der Waals surface area (Å²) in [7, 11) is 3.37. The Morgan fingerprint density at radius 1 is 1.39 bits per heavy atom. The monoisotopic (exact) mass is 317 g/mol. The summed E-state index contributed by atoms with van der Waals surface area (Å²) < 4.78 is 10.7. The lowest BCUT2D eigenvalue weighted by atomic mass is 10.0. The van der Waals surface area contributed by atoms with Crippen LogP contribution in [-0.2, 0) is 4.79 Å². The van der Waals surface area contributed by atoms with Crippen LogP contribution < -0.4 is 15.4 Å². The van der Waals surface area contributed by atoms with E-state index in [-0.39, 0.29) is 11.9 Å². The number of nitrogens with zero attached hydrogens (tertiary/aromatic N) is 1. The van der Waals surface area contributed by atoms with E-state index in [2.05, 4.69) is 29.5 Å². The molecule has 0 unspecified atom stereocenters. The minimum absolute atomic E-state index is 0.0596. The molecule has 2 rings (SSSR count). The summed E-state index contributed by atoms with van der Waals surface area (Å²) in [5.74, 6) is 1.61. The molecule has 0 radical (unpaired) electrons. The Balaban J connectivity index is 2.16. The predicted molar refractivity (Wildman–Crippen MR) is 89.4 cm³/mol. The van der Waals surface area contributed by atoms with E-state index >= 15 is 0 Å². The van der Waals surface area contributed by atoms with Crippen molar-refractivity contribution in [3.63, 3.8) is 0 Å². The molecule has 0 spiro atoms. The second-order valence-corrected chi connectivity index (χ2v) is 5.74. The van der Waals surface area contributed by atoms with Crippen molar-refractivity contribution in [2.24, 2.45) is 5.92 Å². The molecule has 6 nitrogen and oxygen atoms in total. The molecule has 1 heterocycles. The van der Waals surface area contributed by atoms with E-state index in [1.807, 2.05) is 12.1 Å². The van der Waals surface area contributed by atoms with Gasteiger partial charge in [0.2, 0.25) is 5.91 Å². The maximum Gasteiger partial charge on any atom is 0.241 e. The molecule has 124 valence electrons. The largest absolute Gasteiger partial charge is 0.496 e. The van der Waals surface area contributed by atoms with Gasteiger partial charge in [-0.3, -0.25) is 4.79 Å². The number of rotatable bonds is 7. The number of methoxy groups -OCH3 is 1. The van der Waals surface area contributed by atoms with E-state index in [0.717, 1.165) is 12.0 Å². The molecule has 0 bridgehead atoms. The average Bonchev–Trinajstić information content (AvgIpc) is 3.06. The van der Waals surface area contributed by atoms with Crippen molar-refractivity contribution in [3.05, 3.63) is 30.8 Å². The summed E-state index contributed by atoms with van der Waals surface area (Å²) in [5, 5.41) is 5.97. The van der Waals surface area contributed by atoms with E-state index in [1.165, 1.54) is 6.39 Å². The topological polar surface area (TPSA) is 76.4 Å². The molecule has 1 aromatic carbocycles. The normalized spacial score (nSPS) is 12.2. The van der Waals surface area contributed by atoms with Crippen LogP contribution in [0.25, 0.3) is 11.3 Å². The van der Waals surface area contributed by atoms with Crippen molar-refractivity contribution in [2.45, 2.75) is 26.3 Å². The quantitative estimate of drug-likeness (QED) is 0.821. The van der Waals surface area contributed by atoms with Gasteiger partial charge in [-0.2, -0.15) is 0 Å². The third-order valence-electron chi connectivity index (χ3n) is 3.54. The Bertz CT molecular complexity index is 639. The lowest BCUT2D eigenvalue weighted by Gasteiger charge is -2.18. The number of aromatic nitrogens is 1. The Labute approximate surface area is 136 Å². The fourth-order valence-electron chi connectivity index (χ4n) is 2.38. The van der Waals surface area contributed by atoms with Crippen molar-refractivity contribution >= 4 is 11.6 Å². The van der Waals surface area contributed by atoms with Crippen LogP contribution in [0.4, 0.5) is 5.69 Å². The van der Waals surface area contributed by atoms with Crippen LogP contribution in [0.2, 0.25) is 0 Å². The van der Waals surface area contributed by atoms with Gasteiger partial charge in [0.05, 0.1) is 24.9 Å². The van der Waals surface area contributed by atoms with Gasteiger partial charge in [0.1, 0.15) is 5.75 Å². The average molecular weight is 317 g/mol. The Kier molecular flexibility index (Phi) is 5.76. The number of ether oxygens (including phenoxy) is 1. The fraction of sp³-hybridized carbons (Fsp3) is 0.412. The molecule has 1 atom stereocenters. The second-order valence-electron chi connectivity index (χ2n) is 5.74. The molecule has 6 heteroatoms. The summed E-state index contributed by atoms with van der Waals surface area (Å²) >= 11 is 0. The highest BCUT2D eigenvalue weighted by molar-refractivity contribution is 5.95. The zero-order valence-corrected chi connectivity index (χ0v) is 13.9. The van der Waals surface area contributed by atoms with Gasteiger partial charge in [-0.15, -0.1) is 0 Å². The highest BCUT2D eigenvalue weighted by atomic mass is 16.5. The van der Waals surface area contributed by atoms with Crippen LogP contribution in [0, 0.1) is 5.92 Å². The number of anilines is 1. The molecule has 2 N–H and O–H groups in total. The minimum atomic E-state index is -0.227. The molecule has 2 aromatic rings. The number of benzene rings is 1. The standard InChI is InChI=1S/C17H23N3O3/c1-11(2)7-14(18-3)17(21)20-12-5-6-13(15(8-12)22-4)16-9-19-10-23-16/h5-6,8-11,14,18H,7H2,1-4H3,(H,20,21)/t14-/m1/s1. The van der Waals surface area contributed by atoms with E-state index in [0.29, 0.717) is 23.1 Å². The van der Waals surface area contributed by atoms with E-state index in [1.54, 1.807) is 26.4 Å². The lowest BCUT2D eigenvalue weighted by molar-refractivity contribution is -0.118. The van der Waals surface area contributed by atoms with E-state index in [4.69, 9.17) is 9.15 Å². The molecule has 1 amide bonds. The number of carbonyl (C=O) groups excluding carboxylic acids is 1. The summed E-state index contributed by atoms with van der Waals surface area (Å²) in [5.41, 5.74) is 1.47. The van der Waals surface area contributed by atoms with E-state index < -0.39 is 0 Å². The molecule has 0 fully saturated rings. The van der Waals surface area contributed by atoms with Crippen LogP contribution in [-0.4, -0.2) is 31.1 Å². The van der Waals surface area contributed by atoms with Crippen LogP contribution in [0.5, 0.6) is 5.75 Å². The number of nitrogens with one attached hydrogen (secondary N) is 2. The van der Waals surface area contributed by atoms with Gasteiger partial charge in [-0.1, -0.05) is 13.8 Å². The van der Waals surface area contributed by atoms with Gasteiger partial charge < -0.3 is 19.8 Å². The minimum Gasteiger partial charge on any atom is -0.496 e. The van der Waals surface area contributed by atoms with Crippen molar-refractivity contribution < 1.29 is 13.9 Å². The summed E-state index contributed by atoms with van der Waals surface area (Å²) in [6.07, 6.45) is 3.76. The third kappa shape index (κ3) is 4.32. The molecular formula is C17H23N3O3. The van der Waals surface area contributed by atoms with E-state index in [9.17, 15) is 4.79 Å². The van der Waals surface area contributed by atoms with Gasteiger partial charge >= 0.3 is 0 Å². The van der Waals surface area contributed by atoms with Crippen molar-refractivity contribution in [2.75, 3.05) is 19.5 Å². The Morgan fingerprint density at radius 3 is 2.74 bits per heavy atom. The van der Waals surface area contributed by atoms with Crippen molar-refractivity contribution in [3.8, 4) is 17.1 Å². The first-order valence-corrected chi connectivity index (χ1v) is 7.60. The second kappa shape index (κ2) is 7.78. The van der Waals surface area contributed by atoms with Gasteiger partial charge in [0.15, 0.2) is 12.2 Å². The van der Waals surface area contributed by atoms with Crippen molar-refractivity contribution in [1.82, 2.24) is 10.3 Å². The number of hydrogen-bond acceptors (Lipinski definition) is 5. The van der Waals surface area contributed by atoms with Crippen molar-refractivity contribution in [1.29, 1.82) is 0 Å². The maximum absolute atomic E-state index is 12.3. The lowest BCUT2D eigenvalue weighted by Crippen LogP contribution is -2.39. The fourth-order valence-corrected chi connectivity index (χ4v) is 2.38. The van der Waals surface area contributed by atoms with Gasteiger partial charge in [0.25, 0.3) is 0 Å². The predicted octanol–water partition coefficient (Wildman–Crippen LogP) is 2.92. The molecule has 0 aliphatic heterocycles. The van der Waals surface area contributed by atoms with Crippen LogP contribution in [0.3, 0.4) is 0 Å². The zero-order valence-electron chi connectivity index (χ0n) is 13.9. The number of oxazole rings is 1. The first kappa shape index (κ1) is 17.0. The molecule has 23 heavy (non-hydrogen) atoms.